The Labute approximate surface area is 298 Å². The summed E-state index contributed by atoms with van der Waals surface area (Å²) in [5.74, 6) is -0.791. The Balaban J connectivity index is 1.18. The predicted molar refractivity (Wildman–Crippen MR) is 189 cm³/mol. The Morgan fingerprint density at radius 2 is 1.98 bits per heavy atom. The second-order valence-corrected chi connectivity index (χ2v) is 15.3. The number of ether oxygens (including phenoxy) is 1. The van der Waals surface area contributed by atoms with Crippen molar-refractivity contribution < 1.29 is 27.8 Å². The molecule has 2 aromatic carbocycles. The molecule has 13 heteroatoms. The number of anilines is 1. The van der Waals surface area contributed by atoms with E-state index in [1.807, 2.05) is 24.8 Å². The van der Waals surface area contributed by atoms with Crippen molar-refractivity contribution in [2.75, 3.05) is 37.7 Å². The third-order valence-electron chi connectivity index (χ3n) is 12.0. The lowest BCUT2D eigenvalue weighted by Crippen LogP contribution is -2.49. The number of phenols is 1. The Kier molecular flexibility index (Phi) is 7.73. The summed E-state index contributed by atoms with van der Waals surface area (Å²) in [7, 11) is 0. The number of carbonyl (C=O) groups excluding carboxylic acids is 1. The van der Waals surface area contributed by atoms with Gasteiger partial charge in [0.05, 0.1) is 22.0 Å². The Morgan fingerprint density at radius 3 is 2.79 bits per heavy atom. The maximum Gasteiger partial charge on any atom is 0.319 e. The van der Waals surface area contributed by atoms with E-state index in [4.69, 9.17) is 9.72 Å². The molecule has 1 saturated carbocycles. The van der Waals surface area contributed by atoms with Crippen LogP contribution in [0.3, 0.4) is 0 Å². The maximum atomic E-state index is 17.2. The monoisotopic (exact) mass is 711 g/mol. The van der Waals surface area contributed by atoms with Crippen LogP contribution in [-0.2, 0) is 6.42 Å². The van der Waals surface area contributed by atoms with Gasteiger partial charge < -0.3 is 14.7 Å². The van der Waals surface area contributed by atoms with Crippen molar-refractivity contribution in [3.05, 3.63) is 65.6 Å². The topological polar surface area (TPSA) is 110 Å². The molecule has 0 radical (unpaired) electrons. The molecule has 0 spiro atoms. The van der Waals surface area contributed by atoms with Gasteiger partial charge in [-0.25, -0.2) is 17.9 Å². The second-order valence-electron chi connectivity index (χ2n) is 15.3. The fourth-order valence-corrected chi connectivity index (χ4v) is 9.67. The van der Waals surface area contributed by atoms with Crippen molar-refractivity contribution in [3.63, 3.8) is 0 Å². The number of phenolic OH excluding ortho intramolecular Hbond substituents is 1. The van der Waals surface area contributed by atoms with Crippen LogP contribution in [0, 0.1) is 29.9 Å². The van der Waals surface area contributed by atoms with E-state index in [0.717, 1.165) is 31.5 Å². The van der Waals surface area contributed by atoms with Crippen LogP contribution in [0.25, 0.3) is 32.9 Å². The van der Waals surface area contributed by atoms with E-state index >= 15 is 8.78 Å². The zero-order valence-electron chi connectivity index (χ0n) is 29.2. The van der Waals surface area contributed by atoms with E-state index < -0.39 is 28.8 Å². The Morgan fingerprint density at radius 1 is 1.12 bits per heavy atom. The van der Waals surface area contributed by atoms with Crippen LogP contribution in [0.2, 0.25) is 0 Å². The van der Waals surface area contributed by atoms with Crippen molar-refractivity contribution in [2.45, 2.75) is 70.5 Å². The number of aromatic hydroxyl groups is 1. The fraction of sp³-hybridized carbons (Fsp3) is 0.462. The third kappa shape index (κ3) is 5.21. The molecule has 3 aromatic heterocycles. The number of pyridine rings is 1. The lowest BCUT2D eigenvalue weighted by Gasteiger charge is -2.40. The third-order valence-corrected chi connectivity index (χ3v) is 12.0. The van der Waals surface area contributed by atoms with Gasteiger partial charge in [0.25, 0.3) is 5.91 Å². The summed E-state index contributed by atoms with van der Waals surface area (Å²) in [6, 6.07) is 7.57. The summed E-state index contributed by atoms with van der Waals surface area (Å²) in [5, 5.41) is 16.4. The van der Waals surface area contributed by atoms with Gasteiger partial charge in [-0.1, -0.05) is 13.0 Å². The number of carbonyl (C=O) groups is 1. The number of hydrogen-bond acceptors (Lipinski definition) is 9. The molecule has 4 aliphatic rings. The molecule has 1 N–H and O–H groups in total. The minimum absolute atomic E-state index is 0.0486. The van der Waals surface area contributed by atoms with E-state index in [0.29, 0.717) is 72.9 Å². The van der Waals surface area contributed by atoms with Crippen LogP contribution in [0.5, 0.6) is 11.8 Å². The molecule has 2 unspecified atom stereocenters. The predicted octanol–water partition coefficient (Wildman–Crippen LogP) is 6.80. The molecular weight excluding hydrogens is 671 g/mol. The zero-order valence-corrected chi connectivity index (χ0v) is 29.2. The molecule has 3 aliphatic heterocycles. The highest BCUT2D eigenvalue weighted by atomic mass is 19.1. The number of alkyl halides is 1. The van der Waals surface area contributed by atoms with Crippen LogP contribution in [0.15, 0.2) is 42.7 Å². The summed E-state index contributed by atoms with van der Waals surface area (Å²) in [6.07, 6.45) is 6.93. The first-order valence-electron chi connectivity index (χ1n) is 18.2. The standard InChI is InChI=1S/C39H40F3N7O3/c1-3-27-30(41)6-5-24-13-26(50)14-28(31(24)27)33-32(42)34-29(17-43-33)35(45-37(44-34)52-21-39-9-4-11-48(39)19-25(40)16-39)47-18-23-7-10-38(15-23,20-47)36(51)49-12-8-22(2)46-49/h5-6,8,12-14,17,23,25,50H,3-4,7,9-11,15-16,18-21H2,1-2H3/t23?,25-,38?,39+/m1/s1. The van der Waals surface area contributed by atoms with Gasteiger partial charge in [-0.05, 0) is 98.5 Å². The van der Waals surface area contributed by atoms with Crippen LogP contribution < -0.4 is 9.64 Å². The van der Waals surface area contributed by atoms with Crippen LogP contribution in [0.1, 0.15) is 61.5 Å². The first kappa shape index (κ1) is 33.1. The van der Waals surface area contributed by atoms with Gasteiger partial charge in [0.1, 0.15) is 41.4 Å². The largest absolute Gasteiger partial charge is 0.508 e. The van der Waals surface area contributed by atoms with Crippen molar-refractivity contribution in [3.8, 4) is 23.0 Å². The molecule has 9 rings (SSSR count). The van der Waals surface area contributed by atoms with E-state index in [1.165, 1.54) is 29.1 Å². The first-order valence-corrected chi connectivity index (χ1v) is 18.2. The highest BCUT2D eigenvalue weighted by Gasteiger charge is 2.52. The van der Waals surface area contributed by atoms with E-state index in [9.17, 15) is 14.3 Å². The van der Waals surface area contributed by atoms with Crippen molar-refractivity contribution >= 4 is 33.4 Å². The number of halogens is 3. The van der Waals surface area contributed by atoms with Crippen molar-refractivity contribution in [1.82, 2.24) is 29.6 Å². The molecule has 6 heterocycles. The summed E-state index contributed by atoms with van der Waals surface area (Å²) in [5.41, 5.74) is 0.0366. The summed E-state index contributed by atoms with van der Waals surface area (Å²) in [6.45, 7) is 5.90. The molecule has 2 bridgehead atoms. The molecule has 4 atom stereocenters. The van der Waals surface area contributed by atoms with Gasteiger partial charge in [-0.15, -0.1) is 0 Å². The fourth-order valence-electron chi connectivity index (χ4n) is 9.67. The molecule has 10 nitrogen and oxygen atoms in total. The van der Waals surface area contributed by atoms with Gasteiger partial charge in [-0.2, -0.15) is 15.1 Å². The Hall–Kier alpha value is -4.78. The number of benzene rings is 2. The van der Waals surface area contributed by atoms with Gasteiger partial charge >= 0.3 is 6.01 Å². The smallest absolute Gasteiger partial charge is 0.319 e. The highest BCUT2D eigenvalue weighted by Crippen LogP contribution is 2.49. The van der Waals surface area contributed by atoms with E-state index in [2.05, 4.69) is 20.0 Å². The Bertz CT molecular complexity index is 2260. The van der Waals surface area contributed by atoms with Gasteiger partial charge in [-0.3, -0.25) is 14.7 Å². The average Bonchev–Trinajstić information content (AvgIpc) is 3.89. The van der Waals surface area contributed by atoms with Gasteiger partial charge in [0.15, 0.2) is 5.82 Å². The van der Waals surface area contributed by atoms with E-state index in [-0.39, 0.29) is 47.0 Å². The number of aryl methyl sites for hydroxylation is 2. The summed E-state index contributed by atoms with van der Waals surface area (Å²) < 4.78 is 54.7. The molecule has 1 aliphatic carbocycles. The average molecular weight is 712 g/mol. The normalized spacial score (nSPS) is 25.8. The number of rotatable bonds is 7. The number of fused-ring (bicyclic) bond motifs is 5. The summed E-state index contributed by atoms with van der Waals surface area (Å²) >= 11 is 0. The SMILES string of the molecule is CCc1c(F)ccc2cc(O)cc(-c3ncc4c(N5CC6CCC(C(=O)n7ccc(C)n7)(C6)C5)nc(OC[C@@]56CCCN5C[C@H](F)C6)nc4c3F)c12. The summed E-state index contributed by atoms with van der Waals surface area (Å²) in [4.78, 5) is 32.3. The number of aromatic nitrogens is 5. The number of hydrogen-bond donors (Lipinski definition) is 1. The lowest BCUT2D eigenvalue weighted by molar-refractivity contribution is 0.0669. The maximum absolute atomic E-state index is 17.2. The molecular formula is C39H40F3N7O3. The van der Waals surface area contributed by atoms with Crippen LogP contribution in [0.4, 0.5) is 19.0 Å². The lowest BCUT2D eigenvalue weighted by atomic mass is 9.81. The van der Waals surface area contributed by atoms with Gasteiger partial charge in [0.2, 0.25) is 0 Å². The number of nitrogens with zero attached hydrogens (tertiary/aromatic N) is 7. The molecule has 0 amide bonds. The first-order chi connectivity index (χ1) is 25.1. The van der Waals surface area contributed by atoms with Crippen LogP contribution >= 0.6 is 0 Å². The quantitative estimate of drug-likeness (QED) is 0.195. The molecule has 52 heavy (non-hydrogen) atoms. The van der Waals surface area contributed by atoms with Crippen molar-refractivity contribution in [2.24, 2.45) is 11.3 Å². The number of piperidine rings is 1. The van der Waals surface area contributed by atoms with Crippen molar-refractivity contribution in [1.29, 1.82) is 0 Å². The van der Waals surface area contributed by atoms with Gasteiger partial charge in [0, 0.05) is 44.0 Å². The zero-order chi connectivity index (χ0) is 35.9. The molecule has 270 valence electrons. The minimum Gasteiger partial charge on any atom is -0.508 e. The molecule has 4 fully saturated rings. The van der Waals surface area contributed by atoms with Crippen LogP contribution in [-0.4, -0.2) is 85.1 Å². The minimum atomic E-state index is -0.950. The highest BCUT2D eigenvalue weighted by molar-refractivity contribution is 6.02. The molecule has 5 aromatic rings. The molecule has 3 saturated heterocycles. The van der Waals surface area contributed by atoms with E-state index in [1.54, 1.807) is 12.3 Å². The second kappa shape index (κ2) is 12.1.